The van der Waals surface area contributed by atoms with E-state index in [1.54, 1.807) is 24.4 Å². The summed E-state index contributed by atoms with van der Waals surface area (Å²) in [5, 5.41) is 11.8. The zero-order valence-electron chi connectivity index (χ0n) is 12.2. The predicted octanol–water partition coefficient (Wildman–Crippen LogP) is 3.77. The van der Waals surface area contributed by atoms with Crippen LogP contribution in [0.3, 0.4) is 0 Å². The lowest BCUT2D eigenvalue weighted by atomic mass is 9.95. The molecule has 1 aliphatic rings. The van der Waals surface area contributed by atoms with Gasteiger partial charge in [0.25, 0.3) is 5.69 Å². The normalized spacial score (nSPS) is 18.9. The molecule has 1 saturated heterocycles. The molecular weight excluding hydrogens is 266 g/mol. The van der Waals surface area contributed by atoms with E-state index in [4.69, 9.17) is 0 Å². The molecule has 2 heterocycles. The van der Waals surface area contributed by atoms with Crippen LogP contribution in [-0.4, -0.2) is 23.0 Å². The predicted molar refractivity (Wildman–Crippen MR) is 83.6 cm³/mol. The highest BCUT2D eigenvalue weighted by Gasteiger charge is 2.23. The van der Waals surface area contributed by atoms with Crippen LogP contribution >= 0.6 is 0 Å². The van der Waals surface area contributed by atoms with Crippen molar-refractivity contribution in [2.24, 2.45) is 5.92 Å². The van der Waals surface area contributed by atoms with E-state index >= 15 is 0 Å². The second-order valence-corrected chi connectivity index (χ2v) is 5.62. The largest absolute Gasteiger partial charge is 0.369 e. The maximum atomic E-state index is 11.2. The van der Waals surface area contributed by atoms with Crippen molar-refractivity contribution < 1.29 is 4.92 Å². The molecule has 5 nitrogen and oxygen atoms in total. The minimum atomic E-state index is -0.334. The Bertz CT molecular complexity index is 672. The summed E-state index contributed by atoms with van der Waals surface area (Å²) in [5.41, 5.74) is 1.89. The average Bonchev–Trinajstić information content (AvgIpc) is 2.53. The van der Waals surface area contributed by atoms with Crippen LogP contribution in [0, 0.1) is 16.0 Å². The lowest BCUT2D eigenvalue weighted by molar-refractivity contribution is -0.383. The van der Waals surface area contributed by atoms with Gasteiger partial charge in [-0.05, 0) is 37.0 Å². The lowest BCUT2D eigenvalue weighted by Gasteiger charge is -2.34. The Hall–Kier alpha value is -2.17. The van der Waals surface area contributed by atoms with Gasteiger partial charge in [-0.2, -0.15) is 0 Å². The third kappa shape index (κ3) is 2.55. The maximum Gasteiger partial charge on any atom is 0.278 e. The fourth-order valence-electron chi connectivity index (χ4n) is 3.17. The molecule has 0 radical (unpaired) electrons. The zero-order valence-corrected chi connectivity index (χ0v) is 12.2. The minimum absolute atomic E-state index is 0.130. The summed E-state index contributed by atoms with van der Waals surface area (Å²) in [4.78, 5) is 17.6. The van der Waals surface area contributed by atoms with Gasteiger partial charge in [-0.3, -0.25) is 15.1 Å². The summed E-state index contributed by atoms with van der Waals surface area (Å²) in [6.07, 6.45) is 5.32. The first-order chi connectivity index (χ1) is 10.2. The van der Waals surface area contributed by atoms with Gasteiger partial charge in [-0.1, -0.05) is 13.3 Å². The Morgan fingerprint density at radius 3 is 3.05 bits per heavy atom. The molecule has 0 aliphatic carbocycles. The number of rotatable bonds is 3. The van der Waals surface area contributed by atoms with Crippen LogP contribution in [0.2, 0.25) is 0 Å². The van der Waals surface area contributed by atoms with E-state index < -0.39 is 0 Å². The van der Waals surface area contributed by atoms with Gasteiger partial charge in [0.2, 0.25) is 0 Å². The van der Waals surface area contributed by atoms with Gasteiger partial charge in [0.05, 0.1) is 16.0 Å². The van der Waals surface area contributed by atoms with Crippen molar-refractivity contribution in [3.63, 3.8) is 0 Å². The van der Waals surface area contributed by atoms with Crippen molar-refractivity contribution in [1.29, 1.82) is 0 Å². The first-order valence-electron chi connectivity index (χ1n) is 7.47. The summed E-state index contributed by atoms with van der Waals surface area (Å²) >= 11 is 0. The van der Waals surface area contributed by atoms with Crippen molar-refractivity contribution in [2.75, 3.05) is 18.0 Å². The molecule has 0 saturated carbocycles. The van der Waals surface area contributed by atoms with Crippen LogP contribution in [0.25, 0.3) is 10.9 Å². The number of benzene rings is 1. The third-order valence-corrected chi connectivity index (χ3v) is 4.36. The number of hydrogen-bond acceptors (Lipinski definition) is 4. The molecule has 1 fully saturated rings. The summed E-state index contributed by atoms with van der Waals surface area (Å²) in [6.45, 7) is 4.24. The number of pyridine rings is 1. The van der Waals surface area contributed by atoms with Crippen molar-refractivity contribution >= 4 is 22.3 Å². The first kappa shape index (κ1) is 13.8. The van der Waals surface area contributed by atoms with E-state index in [0.29, 0.717) is 11.3 Å². The number of aromatic nitrogens is 1. The van der Waals surface area contributed by atoms with Crippen molar-refractivity contribution in [1.82, 2.24) is 4.98 Å². The Morgan fingerprint density at radius 2 is 2.29 bits per heavy atom. The van der Waals surface area contributed by atoms with Gasteiger partial charge in [0, 0.05) is 25.4 Å². The molecule has 1 aromatic heterocycles. The van der Waals surface area contributed by atoms with E-state index in [-0.39, 0.29) is 10.6 Å². The summed E-state index contributed by atoms with van der Waals surface area (Å²) in [5.74, 6) is 0.702. The number of anilines is 1. The van der Waals surface area contributed by atoms with Crippen molar-refractivity contribution in [3.8, 4) is 0 Å². The van der Waals surface area contributed by atoms with E-state index in [2.05, 4.69) is 16.8 Å². The Morgan fingerprint density at radius 1 is 1.43 bits per heavy atom. The van der Waals surface area contributed by atoms with Crippen LogP contribution in [0.1, 0.15) is 26.2 Å². The van der Waals surface area contributed by atoms with Crippen LogP contribution in [0.4, 0.5) is 11.4 Å². The Labute approximate surface area is 123 Å². The molecule has 0 spiro atoms. The first-order valence-corrected chi connectivity index (χ1v) is 7.47. The SMILES string of the molecule is CCC1CCCN(c2ccc([N+](=O)[O-])c3cccnc23)C1. The molecule has 1 atom stereocenters. The number of hydrogen-bond donors (Lipinski definition) is 0. The lowest BCUT2D eigenvalue weighted by Crippen LogP contribution is -2.35. The topological polar surface area (TPSA) is 59.3 Å². The summed E-state index contributed by atoms with van der Waals surface area (Å²) in [7, 11) is 0. The van der Waals surface area contributed by atoms with Gasteiger partial charge in [-0.15, -0.1) is 0 Å². The molecule has 0 amide bonds. The van der Waals surface area contributed by atoms with Crippen molar-refractivity contribution in [3.05, 3.63) is 40.6 Å². The van der Waals surface area contributed by atoms with Gasteiger partial charge in [-0.25, -0.2) is 0 Å². The van der Waals surface area contributed by atoms with Gasteiger partial charge >= 0.3 is 0 Å². The molecule has 1 aliphatic heterocycles. The van der Waals surface area contributed by atoms with Gasteiger partial charge < -0.3 is 4.90 Å². The van der Waals surface area contributed by atoms with E-state index in [1.807, 2.05) is 6.07 Å². The zero-order chi connectivity index (χ0) is 14.8. The molecule has 110 valence electrons. The highest BCUT2D eigenvalue weighted by molar-refractivity contribution is 5.97. The summed E-state index contributed by atoms with van der Waals surface area (Å²) in [6, 6.07) is 7.00. The van der Waals surface area contributed by atoms with Crippen LogP contribution in [0.15, 0.2) is 30.5 Å². The highest BCUT2D eigenvalue weighted by atomic mass is 16.6. The standard InChI is InChI=1S/C16H19N3O2/c1-2-12-5-4-10-18(11-12)15-8-7-14(19(20)21)13-6-3-9-17-16(13)15/h3,6-9,12H,2,4-5,10-11H2,1H3. The highest BCUT2D eigenvalue weighted by Crippen LogP contribution is 2.34. The van der Waals surface area contributed by atoms with Gasteiger partial charge in [0.15, 0.2) is 0 Å². The maximum absolute atomic E-state index is 11.2. The number of nitro benzene ring substituents is 1. The third-order valence-electron chi connectivity index (χ3n) is 4.36. The molecular formula is C16H19N3O2. The molecule has 1 unspecified atom stereocenters. The number of fused-ring (bicyclic) bond motifs is 1. The number of non-ortho nitro benzene ring substituents is 1. The molecule has 2 aromatic rings. The molecule has 0 N–H and O–H groups in total. The fourth-order valence-corrected chi connectivity index (χ4v) is 3.17. The van der Waals surface area contributed by atoms with Crippen LogP contribution in [-0.2, 0) is 0 Å². The molecule has 21 heavy (non-hydrogen) atoms. The van der Waals surface area contributed by atoms with E-state index in [9.17, 15) is 10.1 Å². The summed E-state index contributed by atoms with van der Waals surface area (Å²) < 4.78 is 0. The number of nitro groups is 1. The van der Waals surface area contributed by atoms with Crippen LogP contribution < -0.4 is 4.90 Å². The molecule has 3 rings (SSSR count). The average molecular weight is 285 g/mol. The molecule has 1 aromatic carbocycles. The fraction of sp³-hybridized carbons (Fsp3) is 0.438. The Balaban J connectivity index is 2.07. The minimum Gasteiger partial charge on any atom is -0.369 e. The quantitative estimate of drug-likeness (QED) is 0.636. The molecule has 5 heteroatoms. The molecule has 0 bridgehead atoms. The van der Waals surface area contributed by atoms with E-state index in [0.717, 1.165) is 24.3 Å². The number of nitrogens with zero attached hydrogens (tertiary/aromatic N) is 3. The van der Waals surface area contributed by atoms with Gasteiger partial charge in [0.1, 0.15) is 5.52 Å². The number of piperidine rings is 1. The van der Waals surface area contributed by atoms with Crippen molar-refractivity contribution in [2.45, 2.75) is 26.2 Å². The second kappa shape index (κ2) is 5.68. The smallest absolute Gasteiger partial charge is 0.278 e. The van der Waals surface area contributed by atoms with E-state index in [1.165, 1.54) is 19.3 Å². The van der Waals surface area contributed by atoms with Crippen LogP contribution in [0.5, 0.6) is 0 Å². The second-order valence-electron chi connectivity index (χ2n) is 5.62. The Kier molecular flexibility index (Phi) is 3.73. The monoisotopic (exact) mass is 285 g/mol.